The Bertz CT molecular complexity index is 798. The van der Waals surface area contributed by atoms with Crippen LogP contribution in [0.4, 0.5) is 0 Å². The second-order valence-electron chi connectivity index (χ2n) is 6.15. The highest BCUT2D eigenvalue weighted by Gasteiger charge is 2.32. The van der Waals surface area contributed by atoms with Gasteiger partial charge in [0.1, 0.15) is 5.75 Å². The van der Waals surface area contributed by atoms with Gasteiger partial charge in [0, 0.05) is 13.1 Å². The Kier molecular flexibility index (Phi) is 5.50. The summed E-state index contributed by atoms with van der Waals surface area (Å²) in [4.78, 5) is 12.2. The van der Waals surface area contributed by atoms with Gasteiger partial charge in [-0.3, -0.25) is 4.79 Å². The molecular weight excluding hydrogens is 338 g/mol. The van der Waals surface area contributed by atoms with E-state index >= 15 is 0 Å². The average molecular weight is 359 g/mol. The van der Waals surface area contributed by atoms with Gasteiger partial charge in [0.05, 0.1) is 11.7 Å². The summed E-state index contributed by atoms with van der Waals surface area (Å²) >= 11 is 0. The van der Waals surface area contributed by atoms with Crippen LogP contribution in [0.5, 0.6) is 5.75 Å². The Balaban J connectivity index is 1.55. The lowest BCUT2D eigenvalue weighted by Gasteiger charge is -2.30. The molecule has 0 amide bonds. The third kappa shape index (κ3) is 4.67. The topological polar surface area (TPSA) is 63.7 Å². The number of nitrogens with zero attached hydrogens (tertiary/aromatic N) is 1. The Hall–Kier alpha value is -2.18. The zero-order valence-electron chi connectivity index (χ0n) is 13.9. The Morgan fingerprint density at radius 1 is 0.960 bits per heavy atom. The predicted molar refractivity (Wildman–Crippen MR) is 95.4 cm³/mol. The monoisotopic (exact) mass is 359 g/mol. The first-order valence-corrected chi connectivity index (χ1v) is 9.94. The van der Waals surface area contributed by atoms with E-state index in [1.54, 1.807) is 24.3 Å². The summed E-state index contributed by atoms with van der Waals surface area (Å²) in [6.07, 6.45) is 0.972. The zero-order valence-corrected chi connectivity index (χ0v) is 14.7. The molecule has 0 aliphatic carbocycles. The minimum atomic E-state index is -3.36. The van der Waals surface area contributed by atoms with E-state index in [2.05, 4.69) is 0 Å². The van der Waals surface area contributed by atoms with Crippen molar-refractivity contribution in [3.05, 3.63) is 66.2 Å². The van der Waals surface area contributed by atoms with E-state index in [4.69, 9.17) is 4.74 Å². The van der Waals surface area contributed by atoms with Crippen molar-refractivity contribution in [2.45, 2.75) is 18.6 Å². The van der Waals surface area contributed by atoms with Gasteiger partial charge in [0.15, 0.2) is 0 Å². The number of esters is 1. The molecule has 1 fully saturated rings. The van der Waals surface area contributed by atoms with E-state index in [0.29, 0.717) is 31.7 Å². The normalized spacial score (nSPS) is 16.5. The molecule has 5 nitrogen and oxygen atoms in total. The molecule has 25 heavy (non-hydrogen) atoms. The van der Waals surface area contributed by atoms with Crippen molar-refractivity contribution >= 4 is 16.0 Å². The van der Waals surface area contributed by atoms with E-state index in [1.165, 1.54) is 4.31 Å². The van der Waals surface area contributed by atoms with Gasteiger partial charge in [0.25, 0.3) is 0 Å². The number of piperidine rings is 1. The third-order valence-electron chi connectivity index (χ3n) is 4.33. The van der Waals surface area contributed by atoms with Gasteiger partial charge >= 0.3 is 5.97 Å². The zero-order chi connectivity index (χ0) is 17.7. The van der Waals surface area contributed by atoms with Gasteiger partial charge in [-0.05, 0) is 30.5 Å². The number of sulfonamides is 1. The Morgan fingerprint density at radius 2 is 1.52 bits per heavy atom. The lowest BCUT2D eigenvalue weighted by molar-refractivity contribution is -0.140. The highest BCUT2D eigenvalue weighted by Crippen LogP contribution is 2.23. The lowest BCUT2D eigenvalue weighted by Crippen LogP contribution is -2.41. The van der Waals surface area contributed by atoms with E-state index in [9.17, 15) is 13.2 Å². The van der Waals surface area contributed by atoms with Crippen LogP contribution in [-0.4, -0.2) is 31.8 Å². The van der Waals surface area contributed by atoms with Gasteiger partial charge < -0.3 is 4.74 Å². The van der Waals surface area contributed by atoms with Crippen molar-refractivity contribution < 1.29 is 17.9 Å². The molecule has 0 unspecified atom stereocenters. The summed E-state index contributed by atoms with van der Waals surface area (Å²) in [5, 5.41) is 0. The summed E-state index contributed by atoms with van der Waals surface area (Å²) in [6.45, 7) is 0.702. The van der Waals surface area contributed by atoms with Crippen LogP contribution in [0.3, 0.4) is 0 Å². The molecule has 0 bridgehead atoms. The maximum absolute atomic E-state index is 12.5. The fourth-order valence-electron chi connectivity index (χ4n) is 2.93. The molecule has 0 atom stereocenters. The number of benzene rings is 2. The summed E-state index contributed by atoms with van der Waals surface area (Å²) in [7, 11) is -3.36. The summed E-state index contributed by atoms with van der Waals surface area (Å²) in [5.74, 6) is -0.0335. The van der Waals surface area contributed by atoms with Gasteiger partial charge in [-0.15, -0.1) is 0 Å². The number of ether oxygens (including phenoxy) is 1. The summed E-state index contributed by atoms with van der Waals surface area (Å²) < 4.78 is 31.9. The third-order valence-corrected chi connectivity index (χ3v) is 6.18. The summed E-state index contributed by atoms with van der Waals surface area (Å²) in [6, 6.07) is 18.1. The van der Waals surface area contributed by atoms with E-state index in [1.807, 2.05) is 36.4 Å². The molecule has 1 saturated heterocycles. The first-order chi connectivity index (χ1) is 12.0. The minimum absolute atomic E-state index is 0.00698. The van der Waals surface area contributed by atoms with Crippen LogP contribution >= 0.6 is 0 Å². The van der Waals surface area contributed by atoms with Crippen molar-refractivity contribution in [3.63, 3.8) is 0 Å². The van der Waals surface area contributed by atoms with Crippen LogP contribution < -0.4 is 4.74 Å². The number of carbonyl (C=O) groups excluding carboxylic acids is 1. The second kappa shape index (κ2) is 7.80. The number of rotatable bonds is 5. The minimum Gasteiger partial charge on any atom is -0.426 e. The van der Waals surface area contributed by atoms with Crippen molar-refractivity contribution in [2.24, 2.45) is 5.92 Å². The van der Waals surface area contributed by atoms with Crippen LogP contribution in [0.25, 0.3) is 0 Å². The molecule has 0 aromatic heterocycles. The van der Waals surface area contributed by atoms with Crippen molar-refractivity contribution in [1.29, 1.82) is 0 Å². The smallest absolute Gasteiger partial charge is 0.314 e. The number of hydrogen-bond acceptors (Lipinski definition) is 4. The van der Waals surface area contributed by atoms with Crippen molar-refractivity contribution in [1.82, 2.24) is 4.31 Å². The molecule has 6 heteroatoms. The molecule has 0 N–H and O–H groups in total. The van der Waals surface area contributed by atoms with Gasteiger partial charge in [0.2, 0.25) is 10.0 Å². The van der Waals surface area contributed by atoms with Crippen LogP contribution in [0.2, 0.25) is 0 Å². The van der Waals surface area contributed by atoms with Gasteiger partial charge in [-0.2, -0.15) is 0 Å². The van der Waals surface area contributed by atoms with E-state index in [-0.39, 0.29) is 17.6 Å². The first-order valence-electron chi connectivity index (χ1n) is 8.33. The molecule has 1 aliphatic rings. The molecule has 0 saturated carbocycles. The Morgan fingerprint density at radius 3 is 2.12 bits per heavy atom. The average Bonchev–Trinajstić information content (AvgIpc) is 2.63. The maximum Gasteiger partial charge on any atom is 0.314 e. The molecule has 0 radical (unpaired) electrons. The largest absolute Gasteiger partial charge is 0.426 e. The molecule has 3 rings (SSSR count). The van der Waals surface area contributed by atoms with Crippen LogP contribution in [0.15, 0.2) is 60.7 Å². The molecular formula is C19H21NO4S. The van der Waals surface area contributed by atoms with E-state index in [0.717, 1.165) is 5.56 Å². The lowest BCUT2D eigenvalue weighted by atomic mass is 9.98. The first kappa shape index (κ1) is 17.6. The molecule has 1 aliphatic heterocycles. The van der Waals surface area contributed by atoms with Crippen molar-refractivity contribution in [3.8, 4) is 5.75 Å². The van der Waals surface area contributed by atoms with Gasteiger partial charge in [-0.25, -0.2) is 12.7 Å². The SMILES string of the molecule is O=C(Oc1ccccc1)C1CCN(S(=O)(=O)Cc2ccccc2)CC1. The van der Waals surface area contributed by atoms with Gasteiger partial charge in [-0.1, -0.05) is 48.5 Å². The fourth-order valence-corrected chi connectivity index (χ4v) is 4.50. The Labute approximate surface area is 148 Å². The highest BCUT2D eigenvalue weighted by atomic mass is 32.2. The number of para-hydroxylation sites is 1. The quantitative estimate of drug-likeness (QED) is 0.608. The molecule has 1 heterocycles. The summed E-state index contributed by atoms with van der Waals surface area (Å²) in [5.41, 5.74) is 0.771. The van der Waals surface area contributed by atoms with Crippen LogP contribution in [-0.2, 0) is 20.6 Å². The molecule has 2 aromatic carbocycles. The molecule has 132 valence electrons. The maximum atomic E-state index is 12.5. The highest BCUT2D eigenvalue weighted by molar-refractivity contribution is 7.88. The van der Waals surface area contributed by atoms with Crippen molar-refractivity contribution in [2.75, 3.05) is 13.1 Å². The standard InChI is InChI=1S/C19H21NO4S/c21-19(24-18-9-5-2-6-10-18)17-11-13-20(14-12-17)25(22,23)15-16-7-3-1-4-8-16/h1-10,17H,11-15H2. The van der Waals surface area contributed by atoms with E-state index < -0.39 is 10.0 Å². The number of hydrogen-bond donors (Lipinski definition) is 0. The fraction of sp³-hybridized carbons (Fsp3) is 0.316. The molecule has 0 spiro atoms. The van der Waals surface area contributed by atoms with Crippen LogP contribution in [0, 0.1) is 5.92 Å². The number of carbonyl (C=O) groups is 1. The second-order valence-corrected chi connectivity index (χ2v) is 8.12. The van der Waals surface area contributed by atoms with Crippen LogP contribution in [0.1, 0.15) is 18.4 Å². The molecule has 2 aromatic rings. The predicted octanol–water partition coefficient (Wildman–Crippen LogP) is 2.83.